The van der Waals surface area contributed by atoms with Crippen LogP contribution in [-0.4, -0.2) is 66.5 Å². The van der Waals surface area contributed by atoms with Gasteiger partial charge in [-0.25, -0.2) is 4.57 Å². The number of rotatable bonds is 51. The van der Waals surface area contributed by atoms with Crippen molar-refractivity contribution in [3.8, 4) is 0 Å². The number of hydrogen-bond acceptors (Lipinski definition) is 10. The molecule has 0 aliphatic carbocycles. The normalized spacial score (nSPS) is 14.1. The van der Waals surface area contributed by atoms with Crippen LogP contribution in [0.15, 0.2) is 97.2 Å². The Balaban J connectivity index is 4.82. The van der Waals surface area contributed by atoms with Crippen molar-refractivity contribution in [3.05, 3.63) is 97.2 Å². The average Bonchev–Trinajstić information content (AvgIpc) is 3.37. The summed E-state index contributed by atoms with van der Waals surface area (Å²) in [7, 11) is -4.77. The third-order valence-corrected chi connectivity index (χ3v) is 12.4. The molecule has 0 spiro atoms. The number of phosphoric acid groups is 1. The molecule has 0 fully saturated rings. The van der Waals surface area contributed by atoms with E-state index in [1.165, 1.54) is 51.4 Å². The summed E-state index contributed by atoms with van der Waals surface area (Å²) in [4.78, 5) is 48.4. The fraction of sp³-hybridized carbons (Fsp3) is 0.683. The molecule has 0 saturated carbocycles. The summed E-state index contributed by atoms with van der Waals surface area (Å²) in [5, 5.41) is 9.80. The van der Waals surface area contributed by atoms with Crippen LogP contribution in [0.2, 0.25) is 0 Å². The summed E-state index contributed by atoms with van der Waals surface area (Å²) in [6.45, 7) is 4.37. The van der Waals surface area contributed by atoms with E-state index < -0.39 is 57.8 Å². The van der Waals surface area contributed by atoms with Gasteiger partial charge < -0.3 is 24.2 Å². The predicted molar refractivity (Wildman–Crippen MR) is 297 cm³/mol. The fourth-order valence-electron chi connectivity index (χ4n) is 7.18. The number of allylic oxidation sites excluding steroid dienone is 16. The predicted octanol–water partition coefficient (Wildman–Crippen LogP) is 16.5. The number of ether oxygens (including phenoxy) is 3. The van der Waals surface area contributed by atoms with Crippen molar-refractivity contribution in [2.24, 2.45) is 0 Å². The molecule has 0 saturated heterocycles. The minimum atomic E-state index is -4.77. The molecule has 0 aliphatic rings. The molecule has 0 amide bonds. The Bertz CT molecular complexity index is 1580. The van der Waals surface area contributed by atoms with Gasteiger partial charge in [0, 0.05) is 19.3 Å². The molecule has 11 nitrogen and oxygen atoms in total. The highest BCUT2D eigenvalue weighted by Gasteiger charge is 2.28. The van der Waals surface area contributed by atoms with Gasteiger partial charge in [-0.2, -0.15) is 0 Å². The van der Waals surface area contributed by atoms with Gasteiger partial charge in [-0.15, -0.1) is 0 Å². The van der Waals surface area contributed by atoms with Gasteiger partial charge in [-0.05, 0) is 103 Å². The number of aliphatic hydroxyl groups is 1. The van der Waals surface area contributed by atoms with Gasteiger partial charge in [0.15, 0.2) is 6.10 Å². The molecule has 412 valence electrons. The van der Waals surface area contributed by atoms with Crippen LogP contribution < -0.4 is 0 Å². The highest BCUT2D eigenvalue weighted by Crippen LogP contribution is 2.43. The quantitative estimate of drug-likeness (QED) is 0.0197. The van der Waals surface area contributed by atoms with Crippen LogP contribution in [0.3, 0.4) is 0 Å². The second kappa shape index (κ2) is 53.7. The maximum atomic E-state index is 12.9. The molecular formula is C60H101O11P. The smallest absolute Gasteiger partial charge is 0.462 e. The maximum Gasteiger partial charge on any atom is 0.472 e. The molecule has 0 radical (unpaired) electrons. The molecule has 3 unspecified atom stereocenters. The molecule has 3 atom stereocenters. The number of carbonyl (C=O) groups excluding carboxylic acids is 3. The Labute approximate surface area is 438 Å². The lowest BCUT2D eigenvalue weighted by Gasteiger charge is -2.21. The Kier molecular flexibility index (Phi) is 51.0. The third kappa shape index (κ3) is 51.3. The molecular weight excluding hydrogens is 928 g/mol. The van der Waals surface area contributed by atoms with Crippen molar-refractivity contribution in [1.29, 1.82) is 0 Å². The zero-order valence-corrected chi connectivity index (χ0v) is 46.3. The topological polar surface area (TPSA) is 155 Å². The van der Waals surface area contributed by atoms with Crippen molar-refractivity contribution in [2.75, 3.05) is 26.4 Å². The first-order chi connectivity index (χ1) is 35.2. The summed E-state index contributed by atoms with van der Waals surface area (Å²) in [6.07, 6.45) is 62.4. The van der Waals surface area contributed by atoms with Crippen LogP contribution in [0.25, 0.3) is 0 Å². The van der Waals surface area contributed by atoms with E-state index in [9.17, 15) is 28.9 Å². The first kappa shape index (κ1) is 68.4. The van der Waals surface area contributed by atoms with Gasteiger partial charge in [-0.3, -0.25) is 23.4 Å². The van der Waals surface area contributed by atoms with E-state index in [1.54, 1.807) is 0 Å². The van der Waals surface area contributed by atoms with Crippen molar-refractivity contribution < 1.29 is 52.2 Å². The fourth-order valence-corrected chi connectivity index (χ4v) is 7.96. The Hall–Kier alpha value is -3.60. The summed E-state index contributed by atoms with van der Waals surface area (Å²) >= 11 is 0. The van der Waals surface area contributed by atoms with Gasteiger partial charge in [0.2, 0.25) is 0 Å². The minimum Gasteiger partial charge on any atom is -0.462 e. The van der Waals surface area contributed by atoms with Crippen LogP contribution in [0.5, 0.6) is 0 Å². The van der Waals surface area contributed by atoms with Gasteiger partial charge in [0.05, 0.1) is 19.8 Å². The molecule has 12 heteroatoms. The number of phosphoric ester groups is 1. The standard InChI is InChI=1S/C60H101O11P/c1-4-7-10-13-16-19-22-24-26-27-28-29-31-33-36-39-42-45-48-51-60(64)71-57(53-67-58(62)49-46-43-40-37-34-21-18-15-12-9-6-3)55-69-72(65,66)68-54-56(52-61)70-59(63)50-47-44-41-38-35-32-30-25-23-20-17-14-11-8-5-2/h7,10,15-16,18-19,24-26,28-30,33,36,42,45,56-57,61H,4-6,8-9,11-14,17,20-23,27,31-32,34-35,37-41,43-44,46-55H2,1-3H3,(H,65,66)/b10-7-,18-15-,19-16-,26-24-,29-28-,30-25-,36-33-,45-42-. The molecule has 0 aromatic heterocycles. The zero-order valence-electron chi connectivity index (χ0n) is 45.4. The first-order valence-corrected chi connectivity index (χ1v) is 29.6. The molecule has 0 bridgehead atoms. The van der Waals surface area contributed by atoms with Crippen LogP contribution in [0.4, 0.5) is 0 Å². The number of hydrogen-bond donors (Lipinski definition) is 2. The Morgan fingerprint density at radius 1 is 0.403 bits per heavy atom. The number of esters is 3. The van der Waals surface area contributed by atoms with Crippen molar-refractivity contribution in [1.82, 2.24) is 0 Å². The van der Waals surface area contributed by atoms with E-state index in [-0.39, 0.29) is 25.9 Å². The molecule has 0 heterocycles. The summed E-state index contributed by atoms with van der Waals surface area (Å²) in [5.41, 5.74) is 0. The highest BCUT2D eigenvalue weighted by molar-refractivity contribution is 7.47. The zero-order chi connectivity index (χ0) is 52.7. The molecule has 72 heavy (non-hydrogen) atoms. The van der Waals surface area contributed by atoms with Crippen LogP contribution in [0.1, 0.15) is 226 Å². The van der Waals surface area contributed by atoms with Crippen LogP contribution >= 0.6 is 7.82 Å². The third-order valence-electron chi connectivity index (χ3n) is 11.5. The van der Waals surface area contributed by atoms with Gasteiger partial charge in [0.1, 0.15) is 12.7 Å². The molecule has 0 aliphatic heterocycles. The molecule has 0 rings (SSSR count). The van der Waals surface area contributed by atoms with Gasteiger partial charge >= 0.3 is 25.7 Å². The van der Waals surface area contributed by atoms with Crippen molar-refractivity contribution >= 4 is 25.7 Å². The second-order valence-electron chi connectivity index (χ2n) is 18.4. The maximum absolute atomic E-state index is 12.9. The minimum absolute atomic E-state index is 0.0367. The van der Waals surface area contributed by atoms with E-state index in [1.807, 2.05) is 12.2 Å². The molecule has 0 aromatic carbocycles. The number of aliphatic hydroxyl groups excluding tert-OH is 1. The SMILES string of the molecule is CC/C=C\C/C=C\C/C=C\C/C=C\C/C=C\C/C=C\CCC(=O)OC(COC(=O)CCCCCCC/C=C\CCCC)COP(=O)(O)OCC(CO)OC(=O)CCCCCCC/C=C\CCCCCCCC. The van der Waals surface area contributed by atoms with E-state index in [0.29, 0.717) is 25.7 Å². The van der Waals surface area contributed by atoms with Crippen molar-refractivity contribution in [3.63, 3.8) is 0 Å². The van der Waals surface area contributed by atoms with Gasteiger partial charge in [0.25, 0.3) is 0 Å². The van der Waals surface area contributed by atoms with E-state index in [2.05, 4.69) is 106 Å². The van der Waals surface area contributed by atoms with Gasteiger partial charge in [-0.1, -0.05) is 201 Å². The largest absolute Gasteiger partial charge is 0.472 e. The highest BCUT2D eigenvalue weighted by atomic mass is 31.2. The van der Waals surface area contributed by atoms with E-state index in [0.717, 1.165) is 109 Å². The lowest BCUT2D eigenvalue weighted by molar-refractivity contribution is -0.161. The lowest BCUT2D eigenvalue weighted by Crippen LogP contribution is -2.30. The summed E-state index contributed by atoms with van der Waals surface area (Å²) < 4.78 is 39.3. The first-order valence-electron chi connectivity index (χ1n) is 28.1. The number of carbonyl (C=O) groups is 3. The molecule has 2 N–H and O–H groups in total. The van der Waals surface area contributed by atoms with E-state index >= 15 is 0 Å². The average molecular weight is 1030 g/mol. The Morgan fingerprint density at radius 3 is 1.24 bits per heavy atom. The van der Waals surface area contributed by atoms with Crippen LogP contribution in [-0.2, 0) is 42.2 Å². The monoisotopic (exact) mass is 1030 g/mol. The second-order valence-corrected chi connectivity index (χ2v) is 19.8. The van der Waals surface area contributed by atoms with Crippen LogP contribution in [0, 0.1) is 0 Å². The molecule has 0 aromatic rings. The Morgan fingerprint density at radius 2 is 0.764 bits per heavy atom. The summed E-state index contributed by atoms with van der Waals surface area (Å²) in [6, 6.07) is 0. The van der Waals surface area contributed by atoms with Crippen molar-refractivity contribution in [2.45, 2.75) is 238 Å². The summed E-state index contributed by atoms with van der Waals surface area (Å²) in [5.74, 6) is -1.59. The lowest BCUT2D eigenvalue weighted by atomic mass is 10.1. The van der Waals surface area contributed by atoms with E-state index in [4.69, 9.17) is 23.3 Å². The number of unbranched alkanes of at least 4 members (excludes halogenated alkanes) is 18.